The van der Waals surface area contributed by atoms with E-state index in [0.717, 1.165) is 22.0 Å². The fourth-order valence-corrected chi connectivity index (χ4v) is 3.81. The number of carboxylic acids is 1. The van der Waals surface area contributed by atoms with Crippen LogP contribution in [0.25, 0.3) is 33.2 Å². The third kappa shape index (κ3) is 3.92. The van der Waals surface area contributed by atoms with Crippen molar-refractivity contribution in [2.45, 2.75) is 12.8 Å². The number of nitrogens with one attached hydrogen (secondary N) is 1. The van der Waals surface area contributed by atoms with Gasteiger partial charge in [0.15, 0.2) is 17.3 Å². The SMILES string of the molecule is COc1c(F)ccc(-c2ccc(-c3cc4c(CCC(=O)O)n[nH]c4cc3Cl)cc2)c1O. The number of hydrogen-bond acceptors (Lipinski definition) is 4. The number of phenolic OH excluding ortho intramolecular Hbond substituents is 1. The van der Waals surface area contributed by atoms with Gasteiger partial charge >= 0.3 is 5.97 Å². The number of methoxy groups -OCH3 is 1. The minimum atomic E-state index is -0.887. The summed E-state index contributed by atoms with van der Waals surface area (Å²) in [7, 11) is 1.30. The number of aromatic amines is 1. The maximum Gasteiger partial charge on any atom is 0.303 e. The van der Waals surface area contributed by atoms with Crippen LogP contribution in [0.5, 0.6) is 11.5 Å². The van der Waals surface area contributed by atoms with Gasteiger partial charge in [-0.1, -0.05) is 35.9 Å². The number of aromatic hydroxyl groups is 1. The van der Waals surface area contributed by atoms with Crippen LogP contribution >= 0.6 is 11.6 Å². The van der Waals surface area contributed by atoms with Crippen LogP contribution in [0.4, 0.5) is 4.39 Å². The first-order chi connectivity index (χ1) is 14.9. The molecule has 31 heavy (non-hydrogen) atoms. The number of aliphatic carboxylic acids is 1. The van der Waals surface area contributed by atoms with E-state index in [9.17, 15) is 14.3 Å². The number of benzene rings is 3. The number of carbonyl (C=O) groups is 1. The molecular weight excluding hydrogens is 423 g/mol. The Balaban J connectivity index is 1.71. The Bertz CT molecular complexity index is 1290. The van der Waals surface area contributed by atoms with Crippen molar-refractivity contribution in [2.75, 3.05) is 7.11 Å². The molecule has 3 N–H and O–H groups in total. The van der Waals surface area contributed by atoms with E-state index in [-0.39, 0.29) is 17.9 Å². The van der Waals surface area contributed by atoms with E-state index in [1.807, 2.05) is 18.2 Å². The third-order valence-electron chi connectivity index (χ3n) is 5.10. The van der Waals surface area contributed by atoms with Crippen LogP contribution in [-0.2, 0) is 11.2 Å². The van der Waals surface area contributed by atoms with Gasteiger partial charge in [-0.2, -0.15) is 5.10 Å². The van der Waals surface area contributed by atoms with Crippen molar-refractivity contribution in [1.29, 1.82) is 0 Å². The molecule has 1 aromatic heterocycles. The second-order valence-electron chi connectivity index (χ2n) is 7.00. The van der Waals surface area contributed by atoms with Gasteiger partial charge in [-0.05, 0) is 35.4 Å². The lowest BCUT2D eigenvalue weighted by atomic mass is 9.98. The van der Waals surface area contributed by atoms with Crippen molar-refractivity contribution in [3.8, 4) is 33.8 Å². The van der Waals surface area contributed by atoms with Gasteiger partial charge in [-0.25, -0.2) is 4.39 Å². The number of carboxylic acid groups (broad SMARTS) is 1. The van der Waals surface area contributed by atoms with Gasteiger partial charge < -0.3 is 14.9 Å². The van der Waals surface area contributed by atoms with Crippen molar-refractivity contribution < 1.29 is 24.1 Å². The number of aromatic nitrogens is 2. The van der Waals surface area contributed by atoms with Crippen LogP contribution in [0.1, 0.15) is 12.1 Å². The quantitative estimate of drug-likeness (QED) is 0.372. The summed E-state index contributed by atoms with van der Waals surface area (Å²) in [5.74, 6) is -2.00. The molecule has 0 spiro atoms. The number of hydrogen-bond donors (Lipinski definition) is 3. The maximum absolute atomic E-state index is 13.8. The first kappa shape index (κ1) is 20.7. The van der Waals surface area contributed by atoms with Gasteiger partial charge in [0, 0.05) is 22.9 Å². The predicted molar refractivity (Wildman–Crippen MR) is 116 cm³/mol. The summed E-state index contributed by atoms with van der Waals surface area (Å²) >= 11 is 6.47. The Labute approximate surface area is 181 Å². The Morgan fingerprint density at radius 3 is 2.45 bits per heavy atom. The molecule has 0 saturated carbocycles. The van der Waals surface area contributed by atoms with E-state index in [1.165, 1.54) is 19.2 Å². The summed E-state index contributed by atoms with van der Waals surface area (Å²) in [5.41, 5.74) is 4.11. The van der Waals surface area contributed by atoms with E-state index in [4.69, 9.17) is 21.4 Å². The summed E-state index contributed by atoms with van der Waals surface area (Å²) in [5, 5.41) is 27.7. The molecule has 0 fully saturated rings. The average Bonchev–Trinajstić information content (AvgIpc) is 3.14. The van der Waals surface area contributed by atoms with Gasteiger partial charge in [0.1, 0.15) is 0 Å². The highest BCUT2D eigenvalue weighted by molar-refractivity contribution is 6.34. The van der Waals surface area contributed by atoms with Crippen molar-refractivity contribution in [1.82, 2.24) is 10.2 Å². The van der Waals surface area contributed by atoms with Crippen LogP contribution in [-0.4, -0.2) is 33.5 Å². The summed E-state index contributed by atoms with van der Waals surface area (Å²) < 4.78 is 18.7. The van der Waals surface area contributed by atoms with Crippen molar-refractivity contribution in [2.24, 2.45) is 0 Å². The molecule has 0 atom stereocenters. The van der Waals surface area contributed by atoms with Gasteiger partial charge in [-0.3, -0.25) is 9.89 Å². The molecule has 4 rings (SSSR count). The van der Waals surface area contributed by atoms with E-state index in [0.29, 0.717) is 28.3 Å². The van der Waals surface area contributed by atoms with Crippen LogP contribution in [0.2, 0.25) is 5.02 Å². The third-order valence-corrected chi connectivity index (χ3v) is 5.41. The molecule has 0 aliphatic carbocycles. The molecule has 0 aliphatic rings. The summed E-state index contributed by atoms with van der Waals surface area (Å²) in [6, 6.07) is 13.6. The molecule has 4 aromatic rings. The smallest absolute Gasteiger partial charge is 0.303 e. The highest BCUT2D eigenvalue weighted by Gasteiger charge is 2.16. The van der Waals surface area contributed by atoms with E-state index in [1.54, 1.807) is 18.2 Å². The molecule has 0 amide bonds. The van der Waals surface area contributed by atoms with Crippen molar-refractivity contribution in [3.05, 3.63) is 65.1 Å². The number of H-pyrrole nitrogens is 1. The fraction of sp³-hybridized carbons (Fsp3) is 0.130. The van der Waals surface area contributed by atoms with E-state index < -0.39 is 11.8 Å². The highest BCUT2D eigenvalue weighted by Crippen LogP contribution is 2.40. The zero-order valence-corrected chi connectivity index (χ0v) is 17.2. The minimum Gasteiger partial charge on any atom is -0.504 e. The Hall–Kier alpha value is -3.58. The zero-order chi connectivity index (χ0) is 22.1. The average molecular weight is 441 g/mol. The molecule has 0 radical (unpaired) electrons. The Morgan fingerprint density at radius 2 is 1.81 bits per heavy atom. The normalized spacial score (nSPS) is 11.1. The molecule has 0 bridgehead atoms. The second-order valence-corrected chi connectivity index (χ2v) is 7.40. The van der Waals surface area contributed by atoms with Crippen LogP contribution in [0.3, 0.4) is 0 Å². The Kier molecular flexibility index (Phi) is 5.52. The lowest BCUT2D eigenvalue weighted by Gasteiger charge is -2.11. The van der Waals surface area contributed by atoms with Crippen LogP contribution in [0.15, 0.2) is 48.5 Å². The van der Waals surface area contributed by atoms with Gasteiger partial charge in [0.25, 0.3) is 0 Å². The number of nitrogens with zero attached hydrogens (tertiary/aromatic N) is 1. The molecule has 0 unspecified atom stereocenters. The van der Waals surface area contributed by atoms with E-state index in [2.05, 4.69) is 10.2 Å². The molecule has 6 nitrogen and oxygen atoms in total. The monoisotopic (exact) mass is 440 g/mol. The molecule has 158 valence electrons. The summed E-state index contributed by atoms with van der Waals surface area (Å²) in [4.78, 5) is 10.9. The molecule has 0 saturated heterocycles. The fourth-order valence-electron chi connectivity index (χ4n) is 3.53. The lowest BCUT2D eigenvalue weighted by molar-refractivity contribution is -0.136. The first-order valence-electron chi connectivity index (χ1n) is 9.43. The standard InChI is InChI=1S/C23H18ClFN2O4/c1-31-23-18(25)7-6-14(22(23)30)12-2-4-13(5-3-12)15-10-16-19(8-9-21(28)29)26-27-20(16)11-17(15)24/h2-7,10-11,30H,8-9H2,1H3,(H,26,27)(H,28,29). The summed E-state index contributed by atoms with van der Waals surface area (Å²) in [6.45, 7) is 0. The lowest BCUT2D eigenvalue weighted by Crippen LogP contribution is -1.98. The van der Waals surface area contributed by atoms with Gasteiger partial charge in [-0.15, -0.1) is 0 Å². The number of rotatable bonds is 6. The van der Waals surface area contributed by atoms with Gasteiger partial charge in [0.05, 0.1) is 29.8 Å². The highest BCUT2D eigenvalue weighted by atomic mass is 35.5. The van der Waals surface area contributed by atoms with Crippen LogP contribution in [0, 0.1) is 5.82 Å². The Morgan fingerprint density at radius 1 is 1.13 bits per heavy atom. The van der Waals surface area contributed by atoms with Crippen molar-refractivity contribution >= 4 is 28.5 Å². The second kappa shape index (κ2) is 8.28. The van der Waals surface area contributed by atoms with Crippen LogP contribution < -0.4 is 4.74 Å². The number of phenols is 1. The molecule has 3 aromatic carbocycles. The number of fused-ring (bicyclic) bond motifs is 1. The predicted octanol–water partition coefficient (Wildman–Crippen LogP) is 5.42. The maximum atomic E-state index is 13.8. The van der Waals surface area contributed by atoms with Gasteiger partial charge in [0.2, 0.25) is 0 Å². The zero-order valence-electron chi connectivity index (χ0n) is 16.4. The number of halogens is 2. The topological polar surface area (TPSA) is 95.4 Å². The molecule has 0 aliphatic heterocycles. The van der Waals surface area contributed by atoms with E-state index >= 15 is 0 Å². The molecule has 8 heteroatoms. The minimum absolute atomic E-state index is 0.0166. The number of aryl methyl sites for hydroxylation is 1. The number of ether oxygens (including phenoxy) is 1. The molecular formula is C23H18ClFN2O4. The first-order valence-corrected chi connectivity index (χ1v) is 9.81. The summed E-state index contributed by atoms with van der Waals surface area (Å²) in [6.07, 6.45) is 0.290. The molecule has 1 heterocycles. The largest absolute Gasteiger partial charge is 0.504 e. The van der Waals surface area contributed by atoms with Crippen molar-refractivity contribution in [3.63, 3.8) is 0 Å².